The van der Waals surface area contributed by atoms with Gasteiger partial charge in [0.05, 0.1) is 5.92 Å². The minimum Gasteiger partial charge on any atom is -0.481 e. The normalized spacial score (nSPS) is 16.3. The van der Waals surface area contributed by atoms with E-state index >= 15 is 0 Å². The Kier molecular flexibility index (Phi) is 3.41. The minimum atomic E-state index is -0.777. The average molecular weight is 287 g/mol. The summed E-state index contributed by atoms with van der Waals surface area (Å²) in [5, 5.41) is 9.89. The summed E-state index contributed by atoms with van der Waals surface area (Å²) in [6, 6.07) is 7.54. The Balaban J connectivity index is 1.76. The number of rotatable bonds is 2. The highest BCUT2D eigenvalue weighted by Crippen LogP contribution is 2.24. The van der Waals surface area contributed by atoms with Crippen LogP contribution in [-0.4, -0.2) is 35.0 Å². The molecule has 0 saturated carbocycles. The monoisotopic (exact) mass is 287 g/mol. The van der Waals surface area contributed by atoms with Crippen LogP contribution in [0.1, 0.15) is 29.0 Å². The number of amides is 1. The standard InChI is InChI=1S/C16H17NO4/c1-10-2-3-13-12(8-10)9-14(21-13)15(18)17-6-4-11(5-7-17)16(19)20/h2-3,8-9,11H,4-7H2,1H3,(H,19,20). The molecule has 3 rings (SSSR count). The maximum absolute atomic E-state index is 12.4. The van der Waals surface area contributed by atoms with Gasteiger partial charge in [0.15, 0.2) is 5.76 Å². The molecule has 1 fully saturated rings. The van der Waals surface area contributed by atoms with Gasteiger partial charge in [-0.25, -0.2) is 0 Å². The van der Waals surface area contributed by atoms with Crippen LogP contribution >= 0.6 is 0 Å². The zero-order valence-corrected chi connectivity index (χ0v) is 11.8. The molecule has 2 aromatic rings. The van der Waals surface area contributed by atoms with Crippen molar-refractivity contribution in [2.24, 2.45) is 5.92 Å². The van der Waals surface area contributed by atoms with Gasteiger partial charge in [0.25, 0.3) is 5.91 Å². The van der Waals surface area contributed by atoms with Crippen molar-refractivity contribution in [3.8, 4) is 0 Å². The number of carbonyl (C=O) groups excluding carboxylic acids is 1. The van der Waals surface area contributed by atoms with Gasteiger partial charge in [-0.3, -0.25) is 9.59 Å². The number of aryl methyl sites for hydroxylation is 1. The van der Waals surface area contributed by atoms with Gasteiger partial charge in [0.2, 0.25) is 0 Å². The van der Waals surface area contributed by atoms with Crippen molar-refractivity contribution in [3.63, 3.8) is 0 Å². The fraction of sp³-hybridized carbons (Fsp3) is 0.375. The van der Waals surface area contributed by atoms with Gasteiger partial charge in [-0.1, -0.05) is 11.6 Å². The van der Waals surface area contributed by atoms with E-state index in [-0.39, 0.29) is 11.8 Å². The smallest absolute Gasteiger partial charge is 0.306 e. The Morgan fingerprint density at radius 2 is 1.95 bits per heavy atom. The third kappa shape index (κ3) is 2.63. The number of hydrogen-bond donors (Lipinski definition) is 1. The number of carbonyl (C=O) groups is 2. The molecule has 1 N–H and O–H groups in total. The summed E-state index contributed by atoms with van der Waals surface area (Å²) in [5.74, 6) is -0.953. The Morgan fingerprint density at radius 3 is 2.62 bits per heavy atom. The summed E-state index contributed by atoms with van der Waals surface area (Å²) in [6.45, 7) is 2.92. The predicted octanol–water partition coefficient (Wildman–Crippen LogP) is 2.68. The maximum Gasteiger partial charge on any atom is 0.306 e. The molecular weight excluding hydrogens is 270 g/mol. The van der Waals surface area contributed by atoms with E-state index in [1.165, 1.54) is 0 Å². The molecule has 5 nitrogen and oxygen atoms in total. The molecule has 1 saturated heterocycles. The van der Waals surface area contributed by atoms with Crippen LogP contribution in [0.15, 0.2) is 28.7 Å². The highest BCUT2D eigenvalue weighted by atomic mass is 16.4. The van der Waals surface area contributed by atoms with E-state index in [0.29, 0.717) is 37.3 Å². The molecule has 0 aliphatic carbocycles. The largest absolute Gasteiger partial charge is 0.481 e. The topological polar surface area (TPSA) is 70.8 Å². The molecule has 1 aliphatic rings. The lowest BCUT2D eigenvalue weighted by molar-refractivity contribution is -0.143. The molecule has 110 valence electrons. The van der Waals surface area contributed by atoms with Crippen LogP contribution in [0.4, 0.5) is 0 Å². The van der Waals surface area contributed by atoms with Crippen molar-refractivity contribution < 1.29 is 19.1 Å². The summed E-state index contributed by atoms with van der Waals surface area (Å²) in [4.78, 5) is 25.0. The fourth-order valence-electron chi connectivity index (χ4n) is 2.75. The van der Waals surface area contributed by atoms with Crippen LogP contribution in [-0.2, 0) is 4.79 Å². The number of likely N-dealkylation sites (tertiary alicyclic amines) is 1. The fourth-order valence-corrected chi connectivity index (χ4v) is 2.75. The molecule has 5 heteroatoms. The zero-order valence-electron chi connectivity index (χ0n) is 11.8. The zero-order chi connectivity index (χ0) is 15.0. The number of carboxylic acids is 1. The molecule has 0 radical (unpaired) electrons. The Morgan fingerprint density at radius 1 is 1.24 bits per heavy atom. The van der Waals surface area contributed by atoms with Gasteiger partial charge in [-0.2, -0.15) is 0 Å². The van der Waals surface area contributed by atoms with Crippen molar-refractivity contribution in [2.75, 3.05) is 13.1 Å². The molecule has 1 aliphatic heterocycles. The Bertz CT molecular complexity index is 695. The quantitative estimate of drug-likeness (QED) is 0.921. The number of piperidine rings is 1. The van der Waals surface area contributed by atoms with Crippen LogP contribution in [0, 0.1) is 12.8 Å². The molecule has 2 heterocycles. The van der Waals surface area contributed by atoms with E-state index in [9.17, 15) is 9.59 Å². The summed E-state index contributed by atoms with van der Waals surface area (Å²) in [7, 11) is 0. The van der Waals surface area contributed by atoms with Gasteiger partial charge in [-0.05, 0) is 38.0 Å². The molecule has 0 bridgehead atoms. The van der Waals surface area contributed by atoms with Crippen LogP contribution in [0.3, 0.4) is 0 Å². The number of aliphatic carboxylic acids is 1. The lowest BCUT2D eigenvalue weighted by Crippen LogP contribution is -2.40. The number of benzene rings is 1. The summed E-state index contributed by atoms with van der Waals surface area (Å²) in [5.41, 5.74) is 1.81. The second kappa shape index (κ2) is 5.24. The van der Waals surface area contributed by atoms with Crippen LogP contribution in [0.5, 0.6) is 0 Å². The first-order chi connectivity index (χ1) is 10.0. The second-order valence-corrected chi connectivity index (χ2v) is 5.56. The maximum atomic E-state index is 12.4. The first-order valence-electron chi connectivity index (χ1n) is 7.07. The van der Waals surface area contributed by atoms with Gasteiger partial charge < -0.3 is 14.4 Å². The highest BCUT2D eigenvalue weighted by molar-refractivity contribution is 5.96. The van der Waals surface area contributed by atoms with E-state index in [0.717, 1.165) is 10.9 Å². The third-order valence-corrected chi connectivity index (χ3v) is 4.01. The molecule has 21 heavy (non-hydrogen) atoms. The van der Waals surface area contributed by atoms with E-state index in [1.807, 2.05) is 25.1 Å². The molecule has 1 amide bonds. The number of carboxylic acid groups (broad SMARTS) is 1. The van der Waals surface area contributed by atoms with Gasteiger partial charge >= 0.3 is 5.97 Å². The molecule has 1 aromatic carbocycles. The number of furan rings is 1. The summed E-state index contributed by atoms with van der Waals surface area (Å²) >= 11 is 0. The van der Waals surface area contributed by atoms with E-state index < -0.39 is 5.97 Å². The molecular formula is C16H17NO4. The van der Waals surface area contributed by atoms with Crippen molar-refractivity contribution in [2.45, 2.75) is 19.8 Å². The van der Waals surface area contributed by atoms with Crippen molar-refractivity contribution in [1.82, 2.24) is 4.90 Å². The number of hydrogen-bond acceptors (Lipinski definition) is 3. The van der Waals surface area contributed by atoms with E-state index in [4.69, 9.17) is 9.52 Å². The minimum absolute atomic E-state index is 0.160. The Labute approximate surface area is 122 Å². The Hall–Kier alpha value is -2.30. The first-order valence-corrected chi connectivity index (χ1v) is 7.07. The van der Waals surface area contributed by atoms with Gasteiger partial charge in [0, 0.05) is 18.5 Å². The lowest BCUT2D eigenvalue weighted by Gasteiger charge is -2.29. The third-order valence-electron chi connectivity index (χ3n) is 4.01. The second-order valence-electron chi connectivity index (χ2n) is 5.56. The summed E-state index contributed by atoms with van der Waals surface area (Å²) in [6.07, 6.45) is 1.00. The van der Waals surface area contributed by atoms with E-state index in [2.05, 4.69) is 0 Å². The van der Waals surface area contributed by atoms with Crippen molar-refractivity contribution in [3.05, 3.63) is 35.6 Å². The first kappa shape index (κ1) is 13.7. The SMILES string of the molecule is Cc1ccc2oc(C(=O)N3CCC(C(=O)O)CC3)cc2c1. The van der Waals surface area contributed by atoms with Crippen LogP contribution in [0.25, 0.3) is 11.0 Å². The lowest BCUT2D eigenvalue weighted by atomic mass is 9.97. The van der Waals surface area contributed by atoms with Crippen LogP contribution < -0.4 is 0 Å². The van der Waals surface area contributed by atoms with Crippen LogP contribution in [0.2, 0.25) is 0 Å². The highest BCUT2D eigenvalue weighted by Gasteiger charge is 2.28. The van der Waals surface area contributed by atoms with Crippen molar-refractivity contribution in [1.29, 1.82) is 0 Å². The van der Waals surface area contributed by atoms with E-state index in [1.54, 1.807) is 11.0 Å². The molecule has 0 spiro atoms. The predicted molar refractivity (Wildman–Crippen MR) is 77.2 cm³/mol. The molecule has 0 unspecified atom stereocenters. The number of nitrogens with zero attached hydrogens (tertiary/aromatic N) is 1. The number of fused-ring (bicyclic) bond motifs is 1. The van der Waals surface area contributed by atoms with Crippen molar-refractivity contribution >= 4 is 22.8 Å². The molecule has 0 atom stereocenters. The van der Waals surface area contributed by atoms with Gasteiger partial charge in [0.1, 0.15) is 5.58 Å². The van der Waals surface area contributed by atoms with Gasteiger partial charge in [-0.15, -0.1) is 0 Å². The summed E-state index contributed by atoms with van der Waals surface area (Å²) < 4.78 is 5.60. The average Bonchev–Trinajstić information content (AvgIpc) is 2.89. The molecule has 1 aromatic heterocycles.